The predicted octanol–water partition coefficient (Wildman–Crippen LogP) is 2.80. The second-order valence-electron chi connectivity index (χ2n) is 5.31. The Morgan fingerprint density at radius 1 is 1.33 bits per heavy atom. The molecule has 1 N–H and O–H groups in total. The molecule has 6 heteroatoms. The van der Waals surface area contributed by atoms with Gasteiger partial charge in [-0.1, -0.05) is 12.1 Å². The maximum atomic E-state index is 13.9. The molecular formula is C15H20F3NO2. The number of hydrogen-bond donors (Lipinski definition) is 1. The number of benzene rings is 1. The Bertz CT molecular complexity index is 458. The largest absolute Gasteiger partial charge is 0.497 e. The number of methoxy groups -OCH3 is 1. The van der Waals surface area contributed by atoms with E-state index in [4.69, 9.17) is 4.74 Å². The molecule has 3 nitrogen and oxygen atoms in total. The summed E-state index contributed by atoms with van der Waals surface area (Å²) in [6, 6.07) is 7.48. The van der Waals surface area contributed by atoms with Crippen molar-refractivity contribution >= 4 is 0 Å². The van der Waals surface area contributed by atoms with E-state index in [0.717, 1.165) is 12.0 Å². The van der Waals surface area contributed by atoms with E-state index < -0.39 is 18.8 Å². The molecule has 0 aromatic heterocycles. The first-order valence-electron chi connectivity index (χ1n) is 7.01. The molecule has 1 aromatic rings. The van der Waals surface area contributed by atoms with Crippen LogP contribution in [0.5, 0.6) is 5.75 Å². The summed E-state index contributed by atoms with van der Waals surface area (Å²) in [4.78, 5) is 1.30. The highest BCUT2D eigenvalue weighted by atomic mass is 19.3. The second-order valence-corrected chi connectivity index (χ2v) is 5.31. The molecule has 1 aliphatic rings. The normalized spacial score (nSPS) is 23.0. The maximum absolute atomic E-state index is 13.9. The molecule has 0 bridgehead atoms. The van der Waals surface area contributed by atoms with Crippen LogP contribution in [0.3, 0.4) is 0 Å². The highest BCUT2D eigenvalue weighted by Gasteiger charge is 2.35. The number of piperidine rings is 1. The molecule has 0 amide bonds. The average molecular weight is 303 g/mol. The van der Waals surface area contributed by atoms with E-state index in [2.05, 4.69) is 0 Å². The van der Waals surface area contributed by atoms with Crippen molar-refractivity contribution in [2.75, 3.05) is 20.2 Å². The summed E-state index contributed by atoms with van der Waals surface area (Å²) >= 11 is 0. The van der Waals surface area contributed by atoms with Crippen molar-refractivity contribution < 1.29 is 23.0 Å². The maximum Gasteiger partial charge on any atom is 0.268 e. The molecule has 2 rings (SSSR count). The second kappa shape index (κ2) is 7.13. The molecule has 1 saturated heterocycles. The number of ether oxygens (including phenoxy) is 1. The predicted molar refractivity (Wildman–Crippen MR) is 73.4 cm³/mol. The lowest BCUT2D eigenvalue weighted by Crippen LogP contribution is -2.47. The van der Waals surface area contributed by atoms with Crippen LogP contribution in [0.1, 0.15) is 24.3 Å². The van der Waals surface area contributed by atoms with Gasteiger partial charge in [0.25, 0.3) is 6.43 Å². The molecule has 3 atom stereocenters. The minimum Gasteiger partial charge on any atom is -0.497 e. The van der Waals surface area contributed by atoms with Gasteiger partial charge in [-0.25, -0.2) is 13.2 Å². The number of rotatable bonds is 5. The lowest BCUT2D eigenvalue weighted by atomic mass is 9.90. The number of halogens is 3. The average Bonchev–Trinajstić information content (AvgIpc) is 2.53. The summed E-state index contributed by atoms with van der Waals surface area (Å²) in [7, 11) is 1.57. The first-order chi connectivity index (χ1) is 10.0. The summed E-state index contributed by atoms with van der Waals surface area (Å²) in [5.74, 6) is 0.769. The van der Waals surface area contributed by atoms with Gasteiger partial charge in [0.15, 0.2) is 12.4 Å². The molecule has 1 aromatic carbocycles. The van der Waals surface area contributed by atoms with E-state index in [1.54, 1.807) is 7.11 Å². The fourth-order valence-electron chi connectivity index (χ4n) is 2.73. The Labute approximate surface area is 122 Å². The lowest BCUT2D eigenvalue weighted by Gasteiger charge is -2.36. The molecule has 0 aliphatic carbocycles. The molecule has 3 unspecified atom stereocenters. The first-order valence-corrected chi connectivity index (χ1v) is 7.01. The van der Waals surface area contributed by atoms with Gasteiger partial charge in [0.1, 0.15) is 5.75 Å². The zero-order valence-electron chi connectivity index (χ0n) is 11.9. The molecule has 118 valence electrons. The third-order valence-electron chi connectivity index (χ3n) is 3.91. The van der Waals surface area contributed by atoms with Gasteiger partial charge in [-0.2, -0.15) is 0 Å². The van der Waals surface area contributed by atoms with E-state index in [9.17, 15) is 18.3 Å². The van der Waals surface area contributed by atoms with Crippen LogP contribution in [0.25, 0.3) is 0 Å². The van der Waals surface area contributed by atoms with Crippen molar-refractivity contribution in [1.29, 1.82) is 0 Å². The van der Waals surface area contributed by atoms with Gasteiger partial charge < -0.3 is 9.84 Å². The summed E-state index contributed by atoms with van der Waals surface area (Å²) in [5.41, 5.74) is 0.998. The van der Waals surface area contributed by atoms with E-state index in [1.165, 1.54) is 4.90 Å². The molecular weight excluding hydrogens is 283 g/mol. The third-order valence-corrected chi connectivity index (χ3v) is 3.91. The Morgan fingerprint density at radius 2 is 2.10 bits per heavy atom. The van der Waals surface area contributed by atoms with Crippen molar-refractivity contribution in [3.8, 4) is 5.75 Å². The zero-order valence-corrected chi connectivity index (χ0v) is 11.9. The fraction of sp³-hybridized carbons (Fsp3) is 0.600. The minimum absolute atomic E-state index is 0.0528. The molecule has 1 heterocycles. The lowest BCUT2D eigenvalue weighted by molar-refractivity contribution is -0.106. The standard InChI is InChI=1S/C15H20F3NO2/c1-21-12-6-2-4-10(8-12)11-5-3-7-19(9-11)15(18)13(20)14(16)17/h2,4,6,8,11,13-15,20H,3,5,7,9H2,1H3. The summed E-state index contributed by atoms with van der Waals surface area (Å²) in [6.07, 6.45) is -5.79. The van der Waals surface area contributed by atoms with Gasteiger partial charge in [0.2, 0.25) is 0 Å². The Balaban J connectivity index is 2.06. The fourth-order valence-corrected chi connectivity index (χ4v) is 2.73. The quantitative estimate of drug-likeness (QED) is 0.849. The number of aliphatic hydroxyl groups excluding tert-OH is 1. The van der Waals surface area contributed by atoms with Gasteiger partial charge in [0, 0.05) is 13.1 Å². The smallest absolute Gasteiger partial charge is 0.268 e. The van der Waals surface area contributed by atoms with E-state index in [-0.39, 0.29) is 5.92 Å². The van der Waals surface area contributed by atoms with Gasteiger partial charge >= 0.3 is 0 Å². The van der Waals surface area contributed by atoms with Crippen LogP contribution in [0.4, 0.5) is 13.2 Å². The number of hydrogen-bond acceptors (Lipinski definition) is 3. The highest BCUT2D eigenvalue weighted by molar-refractivity contribution is 5.31. The Morgan fingerprint density at radius 3 is 2.76 bits per heavy atom. The summed E-state index contributed by atoms with van der Waals surface area (Å²) < 4.78 is 43.9. The van der Waals surface area contributed by atoms with Crippen molar-refractivity contribution in [2.24, 2.45) is 0 Å². The van der Waals surface area contributed by atoms with Crippen LogP contribution in [-0.4, -0.2) is 49.0 Å². The summed E-state index contributed by atoms with van der Waals surface area (Å²) in [5, 5.41) is 9.20. The van der Waals surface area contributed by atoms with E-state index in [0.29, 0.717) is 25.3 Å². The molecule has 0 saturated carbocycles. The minimum atomic E-state index is -3.07. The van der Waals surface area contributed by atoms with Crippen LogP contribution in [0, 0.1) is 0 Å². The topological polar surface area (TPSA) is 32.7 Å². The van der Waals surface area contributed by atoms with E-state index >= 15 is 0 Å². The van der Waals surface area contributed by atoms with Crippen LogP contribution in [0.15, 0.2) is 24.3 Å². The molecule has 21 heavy (non-hydrogen) atoms. The molecule has 1 aliphatic heterocycles. The number of likely N-dealkylation sites (tertiary alicyclic amines) is 1. The number of alkyl halides is 3. The van der Waals surface area contributed by atoms with Gasteiger partial charge in [-0.05, 0) is 36.5 Å². The Hall–Kier alpha value is -1.27. The molecule has 0 radical (unpaired) electrons. The van der Waals surface area contributed by atoms with Crippen LogP contribution in [-0.2, 0) is 0 Å². The van der Waals surface area contributed by atoms with Gasteiger partial charge in [0.05, 0.1) is 7.11 Å². The van der Waals surface area contributed by atoms with Gasteiger partial charge in [-0.15, -0.1) is 0 Å². The van der Waals surface area contributed by atoms with Crippen molar-refractivity contribution in [2.45, 2.75) is 37.6 Å². The highest BCUT2D eigenvalue weighted by Crippen LogP contribution is 2.31. The van der Waals surface area contributed by atoms with Crippen molar-refractivity contribution in [3.05, 3.63) is 29.8 Å². The van der Waals surface area contributed by atoms with Crippen LogP contribution >= 0.6 is 0 Å². The number of aliphatic hydroxyl groups is 1. The Kier molecular flexibility index (Phi) is 5.47. The SMILES string of the molecule is COc1cccc(C2CCCN(C(F)C(O)C(F)F)C2)c1. The molecule has 0 spiro atoms. The van der Waals surface area contributed by atoms with E-state index in [1.807, 2.05) is 24.3 Å². The van der Waals surface area contributed by atoms with Crippen LogP contribution < -0.4 is 4.74 Å². The zero-order chi connectivity index (χ0) is 15.4. The van der Waals surface area contributed by atoms with Crippen molar-refractivity contribution in [3.63, 3.8) is 0 Å². The van der Waals surface area contributed by atoms with Crippen molar-refractivity contribution in [1.82, 2.24) is 4.90 Å². The number of nitrogens with zero attached hydrogens (tertiary/aromatic N) is 1. The first kappa shape index (κ1) is 16.1. The molecule has 1 fully saturated rings. The van der Waals surface area contributed by atoms with Crippen LogP contribution in [0.2, 0.25) is 0 Å². The van der Waals surface area contributed by atoms with Gasteiger partial charge in [-0.3, -0.25) is 4.90 Å². The third kappa shape index (κ3) is 3.89. The monoisotopic (exact) mass is 303 g/mol. The summed E-state index contributed by atoms with van der Waals surface area (Å²) in [6.45, 7) is 0.698.